The zero-order valence-electron chi connectivity index (χ0n) is 8.77. The molecule has 0 saturated heterocycles. The standard InChI is InChI=1S/C11H14FNO2S/c12-8-3-1-4-9(7-8)16(14,15)11-6-2-5-10(11)13/h1,3-4,7,10-11H,2,5-6,13H2. The van der Waals surface area contributed by atoms with Gasteiger partial charge in [0.2, 0.25) is 0 Å². The van der Waals surface area contributed by atoms with Crippen molar-refractivity contribution in [3.05, 3.63) is 30.1 Å². The molecule has 1 aromatic carbocycles. The van der Waals surface area contributed by atoms with Crippen LogP contribution in [0.5, 0.6) is 0 Å². The minimum Gasteiger partial charge on any atom is -0.327 e. The van der Waals surface area contributed by atoms with Gasteiger partial charge in [-0.3, -0.25) is 0 Å². The molecular formula is C11H14FNO2S. The normalized spacial score (nSPS) is 25.9. The van der Waals surface area contributed by atoms with Crippen LogP contribution in [0.15, 0.2) is 29.2 Å². The molecule has 1 aliphatic carbocycles. The van der Waals surface area contributed by atoms with Crippen molar-refractivity contribution in [1.82, 2.24) is 0 Å². The summed E-state index contributed by atoms with van der Waals surface area (Å²) in [6.07, 6.45) is 2.11. The highest BCUT2D eigenvalue weighted by Gasteiger charge is 2.36. The Morgan fingerprint density at radius 1 is 1.31 bits per heavy atom. The molecule has 2 atom stereocenters. The van der Waals surface area contributed by atoms with Crippen LogP contribution in [0.1, 0.15) is 19.3 Å². The lowest BCUT2D eigenvalue weighted by Crippen LogP contribution is -2.35. The third-order valence-corrected chi connectivity index (χ3v) is 5.32. The second-order valence-corrected chi connectivity index (χ2v) is 6.30. The first-order chi connectivity index (χ1) is 7.51. The van der Waals surface area contributed by atoms with Crippen molar-refractivity contribution in [3.8, 4) is 0 Å². The van der Waals surface area contributed by atoms with Gasteiger partial charge >= 0.3 is 0 Å². The van der Waals surface area contributed by atoms with Gasteiger partial charge in [0.25, 0.3) is 0 Å². The second kappa shape index (κ2) is 4.14. The van der Waals surface area contributed by atoms with Gasteiger partial charge < -0.3 is 5.73 Å². The van der Waals surface area contributed by atoms with Crippen LogP contribution in [-0.2, 0) is 9.84 Å². The minimum absolute atomic E-state index is 0.0369. The van der Waals surface area contributed by atoms with E-state index in [1.807, 2.05) is 0 Å². The van der Waals surface area contributed by atoms with Crippen molar-refractivity contribution in [2.75, 3.05) is 0 Å². The van der Waals surface area contributed by atoms with E-state index in [-0.39, 0.29) is 10.9 Å². The van der Waals surface area contributed by atoms with Crippen molar-refractivity contribution < 1.29 is 12.8 Å². The molecule has 3 nitrogen and oxygen atoms in total. The molecule has 0 radical (unpaired) electrons. The summed E-state index contributed by atoms with van der Waals surface area (Å²) >= 11 is 0. The van der Waals surface area contributed by atoms with E-state index in [4.69, 9.17) is 5.73 Å². The molecule has 0 heterocycles. The lowest BCUT2D eigenvalue weighted by Gasteiger charge is -2.16. The molecule has 2 rings (SSSR count). The fourth-order valence-corrected chi connectivity index (χ4v) is 4.13. The highest BCUT2D eigenvalue weighted by atomic mass is 32.2. The summed E-state index contributed by atoms with van der Waals surface area (Å²) in [5.41, 5.74) is 5.77. The van der Waals surface area contributed by atoms with Gasteiger partial charge in [0.15, 0.2) is 9.84 Å². The van der Waals surface area contributed by atoms with Gasteiger partial charge in [-0.1, -0.05) is 12.5 Å². The van der Waals surface area contributed by atoms with E-state index in [1.54, 1.807) is 0 Å². The number of benzene rings is 1. The Hall–Kier alpha value is -0.940. The SMILES string of the molecule is NC1CCCC1S(=O)(=O)c1cccc(F)c1. The van der Waals surface area contributed by atoms with Gasteiger partial charge in [-0.15, -0.1) is 0 Å². The van der Waals surface area contributed by atoms with Crippen molar-refractivity contribution in [3.63, 3.8) is 0 Å². The quantitative estimate of drug-likeness (QED) is 0.855. The van der Waals surface area contributed by atoms with Crippen molar-refractivity contribution in [2.45, 2.75) is 35.4 Å². The van der Waals surface area contributed by atoms with Gasteiger partial charge in [0, 0.05) is 6.04 Å². The Balaban J connectivity index is 2.39. The Bertz CT molecular complexity index is 487. The molecule has 1 aromatic rings. The molecular weight excluding hydrogens is 229 g/mol. The Morgan fingerprint density at radius 3 is 2.62 bits per heavy atom. The number of rotatable bonds is 2. The summed E-state index contributed by atoms with van der Waals surface area (Å²) in [6.45, 7) is 0. The maximum absolute atomic E-state index is 13.0. The predicted molar refractivity (Wildman–Crippen MR) is 59.2 cm³/mol. The van der Waals surface area contributed by atoms with Crippen molar-refractivity contribution >= 4 is 9.84 Å². The summed E-state index contributed by atoms with van der Waals surface area (Å²) in [6, 6.07) is 4.79. The molecule has 5 heteroatoms. The Kier molecular flexibility index (Phi) is 2.99. The second-order valence-electron chi connectivity index (χ2n) is 4.14. The first kappa shape index (κ1) is 11.5. The molecule has 88 valence electrons. The average molecular weight is 243 g/mol. The van der Waals surface area contributed by atoms with Crippen LogP contribution in [0.25, 0.3) is 0 Å². The van der Waals surface area contributed by atoms with E-state index in [0.29, 0.717) is 6.42 Å². The molecule has 2 unspecified atom stereocenters. The highest BCUT2D eigenvalue weighted by molar-refractivity contribution is 7.92. The summed E-state index contributed by atoms with van der Waals surface area (Å²) in [5.74, 6) is -0.535. The van der Waals surface area contributed by atoms with E-state index in [1.165, 1.54) is 18.2 Å². The molecule has 1 saturated carbocycles. The third kappa shape index (κ3) is 1.97. The van der Waals surface area contributed by atoms with Gasteiger partial charge in [-0.2, -0.15) is 0 Å². The van der Waals surface area contributed by atoms with Gasteiger partial charge in [0.1, 0.15) is 5.82 Å². The molecule has 0 amide bonds. The van der Waals surface area contributed by atoms with E-state index in [9.17, 15) is 12.8 Å². The largest absolute Gasteiger partial charge is 0.327 e. The molecule has 1 fully saturated rings. The van der Waals surface area contributed by atoms with E-state index in [2.05, 4.69) is 0 Å². The predicted octanol–water partition coefficient (Wildman–Crippen LogP) is 1.48. The fraction of sp³-hybridized carbons (Fsp3) is 0.455. The molecule has 0 aliphatic heterocycles. The average Bonchev–Trinajstić information content (AvgIpc) is 2.65. The molecule has 0 bridgehead atoms. The van der Waals surface area contributed by atoms with Crippen LogP contribution in [0, 0.1) is 5.82 Å². The lowest BCUT2D eigenvalue weighted by molar-refractivity contribution is 0.565. The Labute approximate surface area is 94.4 Å². The number of halogens is 1. The van der Waals surface area contributed by atoms with Crippen LogP contribution in [-0.4, -0.2) is 19.7 Å². The van der Waals surface area contributed by atoms with Crippen LogP contribution >= 0.6 is 0 Å². The maximum atomic E-state index is 13.0. The van der Waals surface area contributed by atoms with Crippen LogP contribution in [0.2, 0.25) is 0 Å². The van der Waals surface area contributed by atoms with E-state index >= 15 is 0 Å². The van der Waals surface area contributed by atoms with Crippen LogP contribution in [0.3, 0.4) is 0 Å². The number of hydrogen-bond acceptors (Lipinski definition) is 3. The number of nitrogens with two attached hydrogens (primary N) is 1. The third-order valence-electron chi connectivity index (χ3n) is 3.03. The van der Waals surface area contributed by atoms with Crippen molar-refractivity contribution in [2.24, 2.45) is 5.73 Å². The molecule has 16 heavy (non-hydrogen) atoms. The van der Waals surface area contributed by atoms with E-state index < -0.39 is 20.9 Å². The lowest BCUT2D eigenvalue weighted by atomic mass is 10.3. The summed E-state index contributed by atoms with van der Waals surface area (Å²) in [4.78, 5) is 0.0369. The first-order valence-electron chi connectivity index (χ1n) is 5.27. The van der Waals surface area contributed by atoms with Gasteiger partial charge in [0.05, 0.1) is 10.1 Å². The number of hydrogen-bond donors (Lipinski definition) is 1. The molecule has 0 aromatic heterocycles. The monoisotopic (exact) mass is 243 g/mol. The van der Waals surface area contributed by atoms with Gasteiger partial charge in [-0.05, 0) is 31.0 Å². The zero-order chi connectivity index (χ0) is 11.8. The summed E-state index contributed by atoms with van der Waals surface area (Å²) < 4.78 is 37.3. The van der Waals surface area contributed by atoms with Crippen LogP contribution < -0.4 is 5.73 Å². The van der Waals surface area contributed by atoms with E-state index in [0.717, 1.165) is 18.9 Å². The van der Waals surface area contributed by atoms with Crippen LogP contribution in [0.4, 0.5) is 4.39 Å². The smallest absolute Gasteiger partial charge is 0.182 e. The highest BCUT2D eigenvalue weighted by Crippen LogP contribution is 2.29. The number of sulfone groups is 1. The topological polar surface area (TPSA) is 60.2 Å². The minimum atomic E-state index is -3.48. The fourth-order valence-electron chi connectivity index (χ4n) is 2.16. The summed E-state index contributed by atoms with van der Waals surface area (Å²) in [7, 11) is -3.48. The maximum Gasteiger partial charge on any atom is 0.182 e. The molecule has 2 N–H and O–H groups in total. The van der Waals surface area contributed by atoms with Gasteiger partial charge in [-0.25, -0.2) is 12.8 Å². The van der Waals surface area contributed by atoms with Crippen molar-refractivity contribution in [1.29, 1.82) is 0 Å². The Morgan fingerprint density at radius 2 is 2.06 bits per heavy atom. The zero-order valence-corrected chi connectivity index (χ0v) is 9.58. The first-order valence-corrected chi connectivity index (χ1v) is 6.81. The molecule has 1 aliphatic rings. The summed E-state index contributed by atoms with van der Waals surface area (Å²) in [5, 5.41) is -0.561. The molecule has 0 spiro atoms.